The highest BCUT2D eigenvalue weighted by molar-refractivity contribution is 9.10. The van der Waals surface area contributed by atoms with Crippen molar-refractivity contribution in [3.05, 3.63) is 22.7 Å². The molecule has 4 heteroatoms. The third kappa shape index (κ3) is 4.23. The zero-order valence-electron chi connectivity index (χ0n) is 9.80. The molecule has 3 N–H and O–H groups in total. The Labute approximate surface area is 105 Å². The summed E-state index contributed by atoms with van der Waals surface area (Å²) in [6.07, 6.45) is 0.495. The molecule has 1 amide bonds. The van der Waals surface area contributed by atoms with Gasteiger partial charge in [-0.2, -0.15) is 0 Å². The summed E-state index contributed by atoms with van der Waals surface area (Å²) in [7, 11) is 0. The summed E-state index contributed by atoms with van der Waals surface area (Å²) in [4.78, 5) is 11.7. The number of carbonyl (C=O) groups is 1. The molecule has 1 aromatic rings. The summed E-state index contributed by atoms with van der Waals surface area (Å²) >= 11 is 3.32. The maximum Gasteiger partial charge on any atom is 0.224 e. The van der Waals surface area contributed by atoms with Crippen LogP contribution in [0.5, 0.6) is 0 Å². The van der Waals surface area contributed by atoms with Crippen LogP contribution < -0.4 is 11.1 Å². The summed E-state index contributed by atoms with van der Waals surface area (Å²) in [5, 5.41) is 2.84. The number of benzene rings is 1. The van der Waals surface area contributed by atoms with E-state index in [2.05, 4.69) is 21.2 Å². The lowest BCUT2D eigenvalue weighted by molar-refractivity contribution is -0.117. The van der Waals surface area contributed by atoms with E-state index in [0.717, 1.165) is 10.2 Å². The zero-order valence-corrected chi connectivity index (χ0v) is 11.4. The number of hydrogen-bond donors (Lipinski definition) is 2. The van der Waals surface area contributed by atoms with Crippen molar-refractivity contribution in [3.8, 4) is 0 Å². The van der Waals surface area contributed by atoms with E-state index < -0.39 is 0 Å². The number of nitrogen functional groups attached to an aromatic ring is 1. The minimum Gasteiger partial charge on any atom is -0.398 e. The fraction of sp³-hybridized carbons (Fsp3) is 0.417. The Balaban J connectivity index is 2.67. The predicted molar refractivity (Wildman–Crippen MR) is 71.3 cm³/mol. The van der Waals surface area contributed by atoms with Gasteiger partial charge < -0.3 is 11.1 Å². The molecule has 0 saturated carbocycles. The molecule has 0 aliphatic carbocycles. The summed E-state index contributed by atoms with van der Waals surface area (Å²) in [5.74, 6) is 0.0178. The first kappa shape index (κ1) is 13.0. The van der Waals surface area contributed by atoms with Crippen LogP contribution >= 0.6 is 15.9 Å². The Morgan fingerprint density at radius 2 is 2.06 bits per heavy atom. The molecular weight excluding hydrogens is 268 g/mol. The van der Waals surface area contributed by atoms with Crippen LogP contribution in [-0.4, -0.2) is 5.91 Å². The Bertz CT molecular complexity index is 396. The monoisotopic (exact) mass is 284 g/mol. The van der Waals surface area contributed by atoms with Crippen LogP contribution in [0.25, 0.3) is 0 Å². The molecule has 0 aliphatic heterocycles. The van der Waals surface area contributed by atoms with E-state index in [0.29, 0.717) is 12.1 Å². The van der Waals surface area contributed by atoms with Crippen molar-refractivity contribution in [3.63, 3.8) is 0 Å². The average Bonchev–Trinajstić information content (AvgIpc) is 2.08. The Kier molecular flexibility index (Phi) is 3.97. The normalized spacial score (nSPS) is 11.2. The van der Waals surface area contributed by atoms with Gasteiger partial charge in [0.15, 0.2) is 0 Å². The highest BCUT2D eigenvalue weighted by atomic mass is 79.9. The molecule has 88 valence electrons. The van der Waals surface area contributed by atoms with Crippen molar-refractivity contribution in [1.29, 1.82) is 0 Å². The Morgan fingerprint density at radius 1 is 1.44 bits per heavy atom. The molecule has 0 unspecified atom stereocenters. The number of hydrogen-bond acceptors (Lipinski definition) is 2. The number of amides is 1. The van der Waals surface area contributed by atoms with Crippen LogP contribution in [0.15, 0.2) is 22.7 Å². The van der Waals surface area contributed by atoms with E-state index >= 15 is 0 Å². The van der Waals surface area contributed by atoms with Crippen LogP contribution in [0, 0.1) is 5.41 Å². The van der Waals surface area contributed by atoms with Crippen LogP contribution in [0.2, 0.25) is 0 Å². The fourth-order valence-electron chi connectivity index (χ4n) is 1.29. The summed E-state index contributed by atoms with van der Waals surface area (Å²) in [5.41, 5.74) is 7.08. The molecule has 0 aromatic heterocycles. The lowest BCUT2D eigenvalue weighted by Gasteiger charge is -2.17. The van der Waals surface area contributed by atoms with E-state index in [9.17, 15) is 4.79 Å². The number of rotatable bonds is 2. The summed E-state index contributed by atoms with van der Waals surface area (Å²) in [6, 6.07) is 5.35. The molecule has 3 nitrogen and oxygen atoms in total. The number of nitrogens with two attached hydrogens (primary N) is 1. The molecule has 0 aliphatic rings. The Hall–Kier alpha value is -1.03. The van der Waals surface area contributed by atoms with Crippen molar-refractivity contribution in [2.45, 2.75) is 27.2 Å². The standard InChI is InChI=1S/C12H17BrN2O/c1-12(2,3)7-11(16)15-8-4-5-10(14)9(13)6-8/h4-6H,7,14H2,1-3H3,(H,15,16). The van der Waals surface area contributed by atoms with Crippen LogP contribution in [0.4, 0.5) is 11.4 Å². The minimum absolute atomic E-state index is 0.00484. The van der Waals surface area contributed by atoms with E-state index in [-0.39, 0.29) is 11.3 Å². The summed E-state index contributed by atoms with van der Waals surface area (Å²) in [6.45, 7) is 6.10. The van der Waals surface area contributed by atoms with Crippen molar-refractivity contribution < 1.29 is 4.79 Å². The topological polar surface area (TPSA) is 55.1 Å². The number of anilines is 2. The highest BCUT2D eigenvalue weighted by Gasteiger charge is 2.15. The molecule has 1 rings (SSSR count). The first-order valence-electron chi connectivity index (χ1n) is 5.13. The SMILES string of the molecule is CC(C)(C)CC(=O)Nc1ccc(N)c(Br)c1. The van der Waals surface area contributed by atoms with Crippen LogP contribution in [-0.2, 0) is 4.79 Å². The van der Waals surface area contributed by atoms with Gasteiger partial charge in [-0.3, -0.25) is 4.79 Å². The van der Waals surface area contributed by atoms with Gasteiger partial charge in [0, 0.05) is 22.3 Å². The zero-order chi connectivity index (χ0) is 12.3. The third-order valence-electron chi connectivity index (χ3n) is 1.98. The minimum atomic E-state index is -0.00484. The van der Waals surface area contributed by atoms with Crippen molar-refractivity contribution >= 4 is 33.2 Å². The molecule has 0 saturated heterocycles. The molecule has 0 heterocycles. The Morgan fingerprint density at radius 3 is 2.56 bits per heavy atom. The van der Waals surface area contributed by atoms with E-state index in [1.165, 1.54) is 0 Å². The molecule has 0 fully saturated rings. The van der Waals surface area contributed by atoms with Gasteiger partial charge in [0.05, 0.1) is 0 Å². The van der Waals surface area contributed by atoms with Gasteiger partial charge in [-0.25, -0.2) is 0 Å². The predicted octanol–water partition coefficient (Wildman–Crippen LogP) is 3.41. The smallest absolute Gasteiger partial charge is 0.224 e. The number of nitrogens with one attached hydrogen (secondary N) is 1. The van der Waals surface area contributed by atoms with Gasteiger partial charge in [0.1, 0.15) is 0 Å². The lowest BCUT2D eigenvalue weighted by Crippen LogP contribution is -2.19. The molecule has 0 spiro atoms. The second-order valence-electron chi connectivity index (χ2n) is 5.02. The van der Waals surface area contributed by atoms with Crippen molar-refractivity contribution in [2.24, 2.45) is 5.41 Å². The lowest BCUT2D eigenvalue weighted by atomic mass is 9.92. The van der Waals surface area contributed by atoms with E-state index in [1.54, 1.807) is 18.2 Å². The first-order chi connectivity index (χ1) is 7.28. The first-order valence-corrected chi connectivity index (χ1v) is 5.92. The van der Waals surface area contributed by atoms with Gasteiger partial charge in [-0.15, -0.1) is 0 Å². The maximum absolute atomic E-state index is 11.7. The molecule has 0 atom stereocenters. The summed E-state index contributed by atoms with van der Waals surface area (Å²) < 4.78 is 0.793. The van der Waals surface area contributed by atoms with Gasteiger partial charge in [-0.05, 0) is 39.5 Å². The van der Waals surface area contributed by atoms with Crippen molar-refractivity contribution in [2.75, 3.05) is 11.1 Å². The average molecular weight is 285 g/mol. The van der Waals surface area contributed by atoms with Gasteiger partial charge >= 0.3 is 0 Å². The fourth-order valence-corrected chi connectivity index (χ4v) is 1.67. The molecule has 16 heavy (non-hydrogen) atoms. The van der Waals surface area contributed by atoms with Gasteiger partial charge in [0.25, 0.3) is 0 Å². The third-order valence-corrected chi connectivity index (χ3v) is 2.66. The van der Waals surface area contributed by atoms with Crippen LogP contribution in [0.1, 0.15) is 27.2 Å². The number of carbonyl (C=O) groups excluding carboxylic acids is 1. The molecular formula is C12H17BrN2O. The molecule has 1 aromatic carbocycles. The number of halogens is 1. The van der Waals surface area contributed by atoms with Crippen molar-refractivity contribution in [1.82, 2.24) is 0 Å². The van der Waals surface area contributed by atoms with Crippen LogP contribution in [0.3, 0.4) is 0 Å². The maximum atomic E-state index is 11.7. The second-order valence-corrected chi connectivity index (χ2v) is 5.88. The van der Waals surface area contributed by atoms with Gasteiger partial charge in [0.2, 0.25) is 5.91 Å². The highest BCUT2D eigenvalue weighted by Crippen LogP contribution is 2.24. The second kappa shape index (κ2) is 4.87. The quantitative estimate of drug-likeness (QED) is 0.818. The van der Waals surface area contributed by atoms with Gasteiger partial charge in [-0.1, -0.05) is 20.8 Å². The largest absolute Gasteiger partial charge is 0.398 e. The molecule has 0 bridgehead atoms. The molecule has 0 radical (unpaired) electrons. The van der Waals surface area contributed by atoms with E-state index in [4.69, 9.17) is 5.73 Å². The van der Waals surface area contributed by atoms with E-state index in [1.807, 2.05) is 20.8 Å².